The third-order valence-corrected chi connectivity index (χ3v) is 7.60. The molecule has 0 saturated heterocycles. The summed E-state index contributed by atoms with van der Waals surface area (Å²) < 4.78 is 22.5. The lowest BCUT2D eigenvalue weighted by atomic mass is 9.92. The summed E-state index contributed by atoms with van der Waals surface area (Å²) in [6, 6.07) is 0. The lowest BCUT2D eigenvalue weighted by molar-refractivity contribution is -0.170. The summed E-state index contributed by atoms with van der Waals surface area (Å²) in [6.07, 6.45) is 19.1. The third-order valence-electron chi connectivity index (χ3n) is 7.60. The van der Waals surface area contributed by atoms with Crippen LogP contribution in [-0.4, -0.2) is 50.3 Å². The van der Waals surface area contributed by atoms with Crippen LogP contribution < -0.4 is 0 Å². The summed E-state index contributed by atoms with van der Waals surface area (Å²) in [6.45, 7) is 7.74. The van der Waals surface area contributed by atoms with Crippen molar-refractivity contribution in [1.29, 1.82) is 0 Å². The molecule has 43 heavy (non-hydrogen) atoms. The van der Waals surface area contributed by atoms with Crippen molar-refractivity contribution in [2.24, 2.45) is 5.41 Å². The van der Waals surface area contributed by atoms with Gasteiger partial charge in [0, 0.05) is 25.7 Å². The van der Waals surface area contributed by atoms with Gasteiger partial charge in [-0.1, -0.05) is 118 Å². The predicted octanol–water partition coefficient (Wildman–Crippen LogP) is 8.81. The molecule has 1 unspecified atom stereocenters. The molecule has 0 aromatic carbocycles. The molecule has 0 N–H and O–H groups in total. The molecule has 0 bridgehead atoms. The van der Waals surface area contributed by atoms with E-state index in [1.807, 2.05) is 6.92 Å². The fraction of sp³-hybridized carbons (Fsp3) is 0.886. The number of unbranched alkanes of at least 4 members (excludes halogenated alkanes) is 14. The first-order valence-corrected chi connectivity index (χ1v) is 17.4. The van der Waals surface area contributed by atoms with Gasteiger partial charge in [0.05, 0.1) is 0 Å². The molecule has 0 amide bonds. The van der Waals surface area contributed by atoms with Gasteiger partial charge in [0.15, 0.2) is 0 Å². The molecule has 0 fully saturated rings. The van der Waals surface area contributed by atoms with Crippen molar-refractivity contribution in [3.8, 4) is 0 Å². The second-order valence-corrected chi connectivity index (χ2v) is 12.1. The van der Waals surface area contributed by atoms with E-state index >= 15 is 0 Å². The molecular formula is C35H64O8. The van der Waals surface area contributed by atoms with Gasteiger partial charge in [-0.2, -0.15) is 0 Å². The fourth-order valence-electron chi connectivity index (χ4n) is 4.59. The van der Waals surface area contributed by atoms with Crippen molar-refractivity contribution < 1.29 is 38.1 Å². The fourth-order valence-corrected chi connectivity index (χ4v) is 4.59. The van der Waals surface area contributed by atoms with E-state index in [1.54, 1.807) is 0 Å². The minimum Gasteiger partial charge on any atom is -0.465 e. The van der Waals surface area contributed by atoms with Crippen molar-refractivity contribution in [2.45, 2.75) is 169 Å². The first-order chi connectivity index (χ1) is 20.8. The molecule has 0 spiro atoms. The maximum atomic E-state index is 12.7. The van der Waals surface area contributed by atoms with Crippen LogP contribution >= 0.6 is 0 Å². The molecule has 0 aliphatic heterocycles. The summed E-state index contributed by atoms with van der Waals surface area (Å²) in [5.41, 5.74) is -1.17. The second kappa shape index (κ2) is 28.6. The van der Waals surface area contributed by atoms with Crippen LogP contribution in [0.2, 0.25) is 0 Å². The Bertz CT molecular complexity index is 723. The largest absolute Gasteiger partial charge is 0.465 e. The Morgan fingerprint density at radius 3 is 0.884 bits per heavy atom. The molecule has 8 heteroatoms. The van der Waals surface area contributed by atoms with Crippen molar-refractivity contribution in [1.82, 2.24) is 0 Å². The van der Waals surface area contributed by atoms with Crippen molar-refractivity contribution >= 4 is 23.9 Å². The number of esters is 4. The standard InChI is InChI=1S/C35H64O8/c1-5-9-13-16-17-19-22-26-34(39)43-30-35(27-40-31(36)23-12-8-4,28-41-32(37)24-20-15-11-7-3)29-42-33(38)25-21-18-14-10-6-2/h5-30H2,1-4H3. The highest BCUT2D eigenvalue weighted by molar-refractivity contribution is 5.71. The summed E-state index contributed by atoms with van der Waals surface area (Å²) in [7, 11) is 0. The molecule has 0 aromatic rings. The van der Waals surface area contributed by atoms with E-state index in [4.69, 9.17) is 18.9 Å². The zero-order valence-electron chi connectivity index (χ0n) is 28.2. The Labute approximate surface area is 262 Å². The quantitative estimate of drug-likeness (QED) is 0.0450. The van der Waals surface area contributed by atoms with Crippen molar-refractivity contribution in [3.63, 3.8) is 0 Å². The minimum absolute atomic E-state index is 0.170. The van der Waals surface area contributed by atoms with Crippen LogP contribution in [-0.2, 0) is 38.1 Å². The van der Waals surface area contributed by atoms with E-state index in [0.29, 0.717) is 6.42 Å². The number of rotatable bonds is 30. The SMILES string of the molecule is CCCCCCCCCC(=O)OCC(COC(=O)CCCC)(COC(=O)CCCCCC)COC(=O)CCCCCCC. The van der Waals surface area contributed by atoms with Gasteiger partial charge in [0.25, 0.3) is 0 Å². The molecular weight excluding hydrogens is 548 g/mol. The molecule has 0 saturated carbocycles. The number of carbonyl (C=O) groups is 4. The summed E-state index contributed by atoms with van der Waals surface area (Å²) in [5, 5.41) is 0. The predicted molar refractivity (Wildman–Crippen MR) is 171 cm³/mol. The van der Waals surface area contributed by atoms with E-state index < -0.39 is 5.41 Å². The van der Waals surface area contributed by atoms with Gasteiger partial charge in [-0.3, -0.25) is 19.2 Å². The Hall–Kier alpha value is -2.12. The lowest BCUT2D eigenvalue weighted by Crippen LogP contribution is -2.44. The highest BCUT2D eigenvalue weighted by Gasteiger charge is 2.38. The van der Waals surface area contributed by atoms with E-state index in [-0.39, 0.29) is 76.0 Å². The van der Waals surface area contributed by atoms with E-state index in [9.17, 15) is 19.2 Å². The lowest BCUT2D eigenvalue weighted by Gasteiger charge is -2.31. The smallest absolute Gasteiger partial charge is 0.305 e. The molecule has 0 heterocycles. The Balaban J connectivity index is 5.36. The summed E-state index contributed by atoms with van der Waals surface area (Å²) in [5.74, 6) is -1.47. The van der Waals surface area contributed by atoms with Crippen LogP contribution in [0.4, 0.5) is 0 Å². The first kappa shape index (κ1) is 40.9. The Morgan fingerprint density at radius 2 is 0.581 bits per heavy atom. The second-order valence-electron chi connectivity index (χ2n) is 12.1. The van der Waals surface area contributed by atoms with Crippen LogP contribution in [0, 0.1) is 5.41 Å². The molecule has 0 rings (SSSR count). The molecule has 0 aliphatic rings. The number of ether oxygens (including phenoxy) is 4. The van der Waals surface area contributed by atoms with E-state index in [0.717, 1.165) is 83.5 Å². The third kappa shape index (κ3) is 25.0. The monoisotopic (exact) mass is 612 g/mol. The van der Waals surface area contributed by atoms with Crippen LogP contribution in [0.1, 0.15) is 169 Å². The maximum Gasteiger partial charge on any atom is 0.305 e. The van der Waals surface area contributed by atoms with Gasteiger partial charge < -0.3 is 18.9 Å². The van der Waals surface area contributed by atoms with Gasteiger partial charge in [0.1, 0.15) is 31.8 Å². The molecule has 0 radical (unpaired) electrons. The topological polar surface area (TPSA) is 105 Å². The van der Waals surface area contributed by atoms with Gasteiger partial charge in [-0.25, -0.2) is 0 Å². The number of hydrogen-bond donors (Lipinski definition) is 0. The average Bonchev–Trinajstić information content (AvgIpc) is 3.00. The first-order valence-electron chi connectivity index (χ1n) is 17.4. The van der Waals surface area contributed by atoms with Gasteiger partial charge >= 0.3 is 23.9 Å². The molecule has 252 valence electrons. The summed E-state index contributed by atoms with van der Waals surface area (Å²) >= 11 is 0. The zero-order valence-corrected chi connectivity index (χ0v) is 28.2. The normalized spacial score (nSPS) is 12.4. The maximum absolute atomic E-state index is 12.7. The minimum atomic E-state index is -1.17. The highest BCUT2D eigenvalue weighted by atomic mass is 16.6. The molecule has 0 aromatic heterocycles. The Kier molecular flexibility index (Phi) is 27.2. The average molecular weight is 613 g/mol. The van der Waals surface area contributed by atoms with Gasteiger partial charge in [-0.15, -0.1) is 0 Å². The van der Waals surface area contributed by atoms with Gasteiger partial charge in [-0.05, 0) is 25.7 Å². The number of carbonyl (C=O) groups excluding carboxylic acids is 4. The molecule has 0 aliphatic carbocycles. The Morgan fingerprint density at radius 1 is 0.349 bits per heavy atom. The zero-order chi connectivity index (χ0) is 32.0. The van der Waals surface area contributed by atoms with E-state index in [2.05, 4.69) is 20.8 Å². The van der Waals surface area contributed by atoms with Crippen LogP contribution in [0.3, 0.4) is 0 Å². The summed E-state index contributed by atoms with van der Waals surface area (Å²) in [4.78, 5) is 50.2. The van der Waals surface area contributed by atoms with Crippen molar-refractivity contribution in [2.75, 3.05) is 26.4 Å². The molecule has 8 nitrogen and oxygen atoms in total. The highest BCUT2D eigenvalue weighted by Crippen LogP contribution is 2.23. The van der Waals surface area contributed by atoms with Crippen molar-refractivity contribution in [3.05, 3.63) is 0 Å². The van der Waals surface area contributed by atoms with Gasteiger partial charge in [0.2, 0.25) is 0 Å². The van der Waals surface area contributed by atoms with Crippen LogP contribution in [0.5, 0.6) is 0 Å². The van der Waals surface area contributed by atoms with Crippen LogP contribution in [0.15, 0.2) is 0 Å². The van der Waals surface area contributed by atoms with Crippen LogP contribution in [0.25, 0.3) is 0 Å². The number of hydrogen-bond acceptors (Lipinski definition) is 8. The molecule has 1 atom stereocenters. The van der Waals surface area contributed by atoms with E-state index in [1.165, 1.54) is 25.7 Å².